The Kier molecular flexibility index (Phi) is 5.78. The Bertz CT molecular complexity index is 789. The third kappa shape index (κ3) is 4.16. The highest BCUT2D eigenvalue weighted by Gasteiger charge is 2.23. The number of hydrogen-bond acceptors (Lipinski definition) is 5. The number of rotatable bonds is 6. The van der Waals surface area contributed by atoms with Crippen LogP contribution in [0.1, 0.15) is 16.0 Å². The van der Waals surface area contributed by atoms with E-state index in [1.165, 1.54) is 11.3 Å². The first-order valence-electron chi connectivity index (χ1n) is 8.41. The van der Waals surface area contributed by atoms with E-state index in [2.05, 4.69) is 5.32 Å². The van der Waals surface area contributed by atoms with Gasteiger partial charge in [-0.3, -0.25) is 9.59 Å². The van der Waals surface area contributed by atoms with Crippen LogP contribution in [0.3, 0.4) is 0 Å². The van der Waals surface area contributed by atoms with Crippen molar-refractivity contribution in [2.45, 2.75) is 19.4 Å². The number of carbonyl (C=O) groups is 2. The molecule has 0 spiro atoms. The number of benzene rings is 1. The summed E-state index contributed by atoms with van der Waals surface area (Å²) in [6.07, 6.45) is 1.06. The molecule has 1 aromatic carbocycles. The van der Waals surface area contributed by atoms with Gasteiger partial charge in [-0.15, -0.1) is 11.3 Å². The highest BCUT2D eigenvalue weighted by molar-refractivity contribution is 7.10. The topological polar surface area (TPSA) is 67.9 Å². The number of amides is 2. The van der Waals surface area contributed by atoms with Crippen molar-refractivity contribution in [2.24, 2.45) is 0 Å². The van der Waals surface area contributed by atoms with E-state index in [9.17, 15) is 9.59 Å². The quantitative estimate of drug-likeness (QED) is 0.840. The van der Waals surface area contributed by atoms with Crippen molar-refractivity contribution in [2.75, 3.05) is 27.3 Å². The normalized spacial score (nSPS) is 13.1. The smallest absolute Gasteiger partial charge is 0.242 e. The summed E-state index contributed by atoms with van der Waals surface area (Å²) in [7, 11) is 3.21. The fourth-order valence-corrected chi connectivity index (χ4v) is 3.72. The maximum atomic E-state index is 12.5. The van der Waals surface area contributed by atoms with Gasteiger partial charge in [-0.2, -0.15) is 0 Å². The zero-order valence-corrected chi connectivity index (χ0v) is 15.7. The van der Waals surface area contributed by atoms with E-state index in [0.717, 1.165) is 22.4 Å². The lowest BCUT2D eigenvalue weighted by Gasteiger charge is -2.29. The number of fused-ring (bicyclic) bond motifs is 1. The minimum Gasteiger partial charge on any atom is -0.493 e. The molecule has 1 N–H and O–H groups in total. The van der Waals surface area contributed by atoms with E-state index in [-0.39, 0.29) is 18.4 Å². The Morgan fingerprint density at radius 1 is 1.19 bits per heavy atom. The van der Waals surface area contributed by atoms with Gasteiger partial charge in [-0.1, -0.05) is 6.07 Å². The molecule has 26 heavy (non-hydrogen) atoms. The second kappa shape index (κ2) is 8.23. The van der Waals surface area contributed by atoms with Crippen LogP contribution in [0.5, 0.6) is 11.5 Å². The van der Waals surface area contributed by atoms with Crippen LogP contribution < -0.4 is 14.8 Å². The van der Waals surface area contributed by atoms with E-state index in [1.54, 1.807) is 19.1 Å². The van der Waals surface area contributed by atoms with Crippen molar-refractivity contribution >= 4 is 23.2 Å². The number of carbonyl (C=O) groups excluding carboxylic acids is 2. The van der Waals surface area contributed by atoms with Gasteiger partial charge in [0.1, 0.15) is 0 Å². The predicted octanol–water partition coefficient (Wildman–Crippen LogP) is 2.01. The van der Waals surface area contributed by atoms with Gasteiger partial charge < -0.3 is 19.7 Å². The maximum absolute atomic E-state index is 12.5. The predicted molar refractivity (Wildman–Crippen MR) is 99.7 cm³/mol. The van der Waals surface area contributed by atoms with Gasteiger partial charge in [-0.25, -0.2) is 0 Å². The first-order chi connectivity index (χ1) is 12.6. The maximum Gasteiger partial charge on any atom is 0.242 e. The van der Waals surface area contributed by atoms with Crippen LogP contribution in [0.25, 0.3) is 0 Å². The van der Waals surface area contributed by atoms with Gasteiger partial charge in [0.05, 0.1) is 27.2 Å². The number of methoxy groups -OCH3 is 2. The SMILES string of the molecule is COc1cc2c(cc1OC)CN(C(=O)CNC(=O)Cc1cccs1)CC2. The molecule has 6 nitrogen and oxygen atoms in total. The summed E-state index contributed by atoms with van der Waals surface area (Å²) >= 11 is 1.53. The van der Waals surface area contributed by atoms with E-state index in [1.807, 2.05) is 29.6 Å². The minimum absolute atomic E-state index is 0.0207. The van der Waals surface area contributed by atoms with E-state index >= 15 is 0 Å². The van der Waals surface area contributed by atoms with Crippen LogP contribution >= 0.6 is 11.3 Å². The molecule has 0 saturated heterocycles. The Balaban J connectivity index is 1.57. The first-order valence-corrected chi connectivity index (χ1v) is 9.29. The summed E-state index contributed by atoms with van der Waals surface area (Å²) in [5.41, 5.74) is 2.21. The fourth-order valence-electron chi connectivity index (χ4n) is 3.02. The molecule has 0 saturated carbocycles. The Morgan fingerprint density at radius 3 is 2.58 bits per heavy atom. The van der Waals surface area contributed by atoms with Gasteiger partial charge in [0, 0.05) is 18.0 Å². The average Bonchev–Trinajstić information content (AvgIpc) is 3.17. The van der Waals surface area contributed by atoms with Crippen LogP contribution in [0, 0.1) is 0 Å². The zero-order valence-electron chi connectivity index (χ0n) is 14.9. The number of nitrogens with zero attached hydrogens (tertiary/aromatic N) is 1. The molecule has 0 atom stereocenters. The molecule has 138 valence electrons. The molecule has 7 heteroatoms. The zero-order chi connectivity index (χ0) is 18.5. The minimum atomic E-state index is -0.135. The van der Waals surface area contributed by atoms with Crippen molar-refractivity contribution in [3.63, 3.8) is 0 Å². The van der Waals surface area contributed by atoms with Crippen LogP contribution in [0.2, 0.25) is 0 Å². The number of ether oxygens (including phenoxy) is 2. The Hall–Kier alpha value is -2.54. The highest BCUT2D eigenvalue weighted by atomic mass is 32.1. The lowest BCUT2D eigenvalue weighted by Crippen LogP contribution is -2.42. The molecule has 2 amide bonds. The van der Waals surface area contributed by atoms with Gasteiger partial charge in [0.15, 0.2) is 11.5 Å². The van der Waals surface area contributed by atoms with Gasteiger partial charge in [0.25, 0.3) is 0 Å². The molecule has 0 unspecified atom stereocenters. The van der Waals surface area contributed by atoms with Gasteiger partial charge in [-0.05, 0) is 41.1 Å². The summed E-state index contributed by atoms with van der Waals surface area (Å²) in [5.74, 6) is 1.14. The third-order valence-electron chi connectivity index (χ3n) is 4.42. The lowest BCUT2D eigenvalue weighted by atomic mass is 9.98. The molecular weight excluding hydrogens is 352 g/mol. The second-order valence-electron chi connectivity index (χ2n) is 6.07. The first kappa shape index (κ1) is 18.3. The largest absolute Gasteiger partial charge is 0.493 e. The van der Waals surface area contributed by atoms with Crippen LogP contribution in [-0.2, 0) is 29.0 Å². The number of hydrogen-bond donors (Lipinski definition) is 1. The molecule has 0 fully saturated rings. The van der Waals surface area contributed by atoms with Crippen molar-refractivity contribution in [1.82, 2.24) is 10.2 Å². The van der Waals surface area contributed by atoms with Crippen molar-refractivity contribution < 1.29 is 19.1 Å². The molecule has 2 aromatic rings. The number of nitrogens with one attached hydrogen (secondary N) is 1. The van der Waals surface area contributed by atoms with Crippen LogP contribution in [-0.4, -0.2) is 44.0 Å². The number of thiophene rings is 1. The summed E-state index contributed by atoms with van der Waals surface area (Å²) in [4.78, 5) is 27.1. The summed E-state index contributed by atoms with van der Waals surface area (Å²) < 4.78 is 10.7. The molecule has 0 radical (unpaired) electrons. The van der Waals surface area contributed by atoms with Crippen molar-refractivity contribution in [3.05, 3.63) is 45.6 Å². The standard InChI is InChI=1S/C19H22N2O4S/c1-24-16-8-13-5-6-21(12-14(13)9-17(16)25-2)19(23)11-20-18(22)10-15-4-3-7-26-15/h3-4,7-9H,5-6,10-12H2,1-2H3,(H,20,22). The monoisotopic (exact) mass is 374 g/mol. The molecule has 0 aliphatic carbocycles. The molecule has 1 aromatic heterocycles. The van der Waals surface area contributed by atoms with E-state index in [0.29, 0.717) is 31.0 Å². The second-order valence-corrected chi connectivity index (χ2v) is 7.11. The van der Waals surface area contributed by atoms with Crippen molar-refractivity contribution in [3.8, 4) is 11.5 Å². The van der Waals surface area contributed by atoms with Crippen molar-refractivity contribution in [1.29, 1.82) is 0 Å². The fraction of sp³-hybridized carbons (Fsp3) is 0.368. The molecule has 0 bridgehead atoms. The molecule has 2 heterocycles. The summed E-state index contributed by atoms with van der Waals surface area (Å²) in [6, 6.07) is 7.71. The average molecular weight is 374 g/mol. The summed E-state index contributed by atoms with van der Waals surface area (Å²) in [5, 5.41) is 4.65. The third-order valence-corrected chi connectivity index (χ3v) is 5.30. The van der Waals surface area contributed by atoms with Crippen LogP contribution in [0.4, 0.5) is 0 Å². The molecular formula is C19H22N2O4S. The Morgan fingerprint density at radius 2 is 1.92 bits per heavy atom. The van der Waals surface area contributed by atoms with Crippen LogP contribution in [0.15, 0.2) is 29.6 Å². The molecule has 1 aliphatic heterocycles. The molecule has 1 aliphatic rings. The van der Waals surface area contributed by atoms with Gasteiger partial charge >= 0.3 is 0 Å². The highest BCUT2D eigenvalue weighted by Crippen LogP contribution is 2.33. The Labute approximate surface area is 156 Å². The van der Waals surface area contributed by atoms with Gasteiger partial charge in [0.2, 0.25) is 11.8 Å². The molecule has 3 rings (SSSR count). The van der Waals surface area contributed by atoms with E-state index in [4.69, 9.17) is 9.47 Å². The lowest BCUT2D eigenvalue weighted by molar-refractivity contribution is -0.133. The van der Waals surface area contributed by atoms with E-state index < -0.39 is 0 Å². The summed E-state index contributed by atoms with van der Waals surface area (Å²) in [6.45, 7) is 1.16.